The van der Waals surface area contributed by atoms with Gasteiger partial charge >= 0.3 is 0 Å². The fourth-order valence-corrected chi connectivity index (χ4v) is 2.78. The predicted octanol–water partition coefficient (Wildman–Crippen LogP) is 4.10. The quantitative estimate of drug-likeness (QED) is 0.843. The molecule has 1 N–H and O–H groups in total. The van der Waals surface area contributed by atoms with Crippen molar-refractivity contribution in [2.45, 2.75) is 13.5 Å². The molecular weight excluding hydrogens is 288 g/mol. The second-order valence-electron chi connectivity index (χ2n) is 4.55. The number of halogens is 1. The highest BCUT2D eigenvalue weighted by atomic mass is 79.9. The minimum atomic E-state index is 0.580. The number of nitrogens with zero attached hydrogens (tertiary/aromatic N) is 1. The maximum absolute atomic E-state index is 8.30. The smallest absolute Gasteiger partial charge is 0.133 e. The largest absolute Gasteiger partial charge is 0.321 e. The number of hydrogen-bond acceptors (Lipinski definition) is 1. The maximum atomic E-state index is 8.30. The molecule has 18 heavy (non-hydrogen) atoms. The van der Waals surface area contributed by atoms with E-state index in [0.717, 1.165) is 22.3 Å². The lowest BCUT2D eigenvalue weighted by Gasteiger charge is -2.20. The van der Waals surface area contributed by atoms with Crippen LogP contribution in [0.2, 0.25) is 0 Å². The second-order valence-corrected chi connectivity index (χ2v) is 5.40. The van der Waals surface area contributed by atoms with Gasteiger partial charge in [0.2, 0.25) is 0 Å². The van der Waals surface area contributed by atoms with Crippen molar-refractivity contribution in [3.63, 3.8) is 0 Å². The van der Waals surface area contributed by atoms with E-state index in [2.05, 4.69) is 41.1 Å². The fraction of sp³-hybridized carbons (Fsp3) is 0.133. The van der Waals surface area contributed by atoms with Crippen molar-refractivity contribution < 1.29 is 0 Å². The Bertz CT molecular complexity index is 634. The summed E-state index contributed by atoms with van der Waals surface area (Å²) in [6, 6.07) is 14.4. The number of aryl methyl sites for hydroxylation is 1. The van der Waals surface area contributed by atoms with Gasteiger partial charge < -0.3 is 4.90 Å². The van der Waals surface area contributed by atoms with E-state index in [1.807, 2.05) is 29.2 Å². The summed E-state index contributed by atoms with van der Waals surface area (Å²) in [7, 11) is 0. The van der Waals surface area contributed by atoms with Crippen LogP contribution in [0.3, 0.4) is 0 Å². The Kier molecular flexibility index (Phi) is 2.71. The van der Waals surface area contributed by atoms with Gasteiger partial charge in [-0.3, -0.25) is 5.41 Å². The van der Waals surface area contributed by atoms with Crippen molar-refractivity contribution in [3.05, 3.63) is 63.6 Å². The molecule has 0 unspecified atom stereocenters. The Balaban J connectivity index is 2.06. The van der Waals surface area contributed by atoms with Crippen LogP contribution in [-0.4, -0.2) is 5.84 Å². The van der Waals surface area contributed by atoms with Crippen LogP contribution >= 0.6 is 15.9 Å². The molecule has 0 radical (unpaired) electrons. The topological polar surface area (TPSA) is 27.1 Å². The minimum absolute atomic E-state index is 0.580. The predicted molar refractivity (Wildman–Crippen MR) is 78.3 cm³/mol. The monoisotopic (exact) mass is 300 g/mol. The van der Waals surface area contributed by atoms with Crippen molar-refractivity contribution >= 4 is 27.5 Å². The summed E-state index contributed by atoms with van der Waals surface area (Å²) in [4.78, 5) is 2.04. The Labute approximate surface area is 115 Å². The number of nitrogens with one attached hydrogen (secondary N) is 1. The van der Waals surface area contributed by atoms with Crippen molar-refractivity contribution in [1.82, 2.24) is 0 Å². The third kappa shape index (κ3) is 1.75. The molecule has 1 heterocycles. The summed E-state index contributed by atoms with van der Waals surface area (Å²) >= 11 is 3.57. The standard InChI is InChI=1S/C15H13BrN2/c1-10-6-7-13(16)14(8-10)18-9-11-4-2-3-5-12(11)15(18)17/h2-8,17H,9H2,1H3. The number of benzene rings is 2. The van der Waals surface area contributed by atoms with Gasteiger partial charge in [-0.1, -0.05) is 30.3 Å². The molecule has 0 spiro atoms. The summed E-state index contributed by atoms with van der Waals surface area (Å²) in [5.74, 6) is 0.580. The molecule has 0 aromatic heterocycles. The molecule has 1 aliphatic heterocycles. The van der Waals surface area contributed by atoms with Crippen molar-refractivity contribution in [2.24, 2.45) is 0 Å². The average Bonchev–Trinajstić information content (AvgIpc) is 2.71. The third-order valence-electron chi connectivity index (χ3n) is 3.26. The van der Waals surface area contributed by atoms with Crippen LogP contribution in [0.5, 0.6) is 0 Å². The van der Waals surface area contributed by atoms with Crippen molar-refractivity contribution in [2.75, 3.05) is 4.90 Å². The summed E-state index contributed by atoms with van der Waals surface area (Å²) in [5, 5.41) is 8.30. The van der Waals surface area contributed by atoms with Crippen LogP contribution < -0.4 is 4.90 Å². The van der Waals surface area contributed by atoms with Gasteiger partial charge in [-0.05, 0) is 46.1 Å². The molecule has 0 aliphatic carbocycles. The molecule has 3 rings (SSSR count). The van der Waals surface area contributed by atoms with E-state index in [-0.39, 0.29) is 0 Å². The van der Waals surface area contributed by atoms with E-state index in [1.54, 1.807) is 0 Å². The molecule has 0 fully saturated rings. The number of hydrogen-bond donors (Lipinski definition) is 1. The number of anilines is 1. The first-order valence-electron chi connectivity index (χ1n) is 5.87. The highest BCUT2D eigenvalue weighted by molar-refractivity contribution is 9.10. The summed E-state index contributed by atoms with van der Waals surface area (Å²) < 4.78 is 1.03. The van der Waals surface area contributed by atoms with Crippen LogP contribution in [0.15, 0.2) is 46.9 Å². The first-order chi connectivity index (χ1) is 8.66. The Morgan fingerprint density at radius 2 is 1.94 bits per heavy atom. The van der Waals surface area contributed by atoms with E-state index in [0.29, 0.717) is 5.84 Å². The van der Waals surface area contributed by atoms with Gasteiger partial charge in [-0.25, -0.2) is 0 Å². The molecule has 0 bridgehead atoms. The van der Waals surface area contributed by atoms with Gasteiger partial charge in [0, 0.05) is 10.0 Å². The molecule has 90 valence electrons. The van der Waals surface area contributed by atoms with Crippen LogP contribution in [0.1, 0.15) is 16.7 Å². The lowest BCUT2D eigenvalue weighted by molar-refractivity contribution is 1.04. The zero-order valence-corrected chi connectivity index (χ0v) is 11.7. The van der Waals surface area contributed by atoms with Crippen molar-refractivity contribution in [1.29, 1.82) is 5.41 Å². The van der Waals surface area contributed by atoms with Gasteiger partial charge in [0.1, 0.15) is 5.84 Å². The molecule has 1 aliphatic rings. The van der Waals surface area contributed by atoms with E-state index in [4.69, 9.17) is 5.41 Å². The van der Waals surface area contributed by atoms with Gasteiger partial charge in [-0.15, -0.1) is 0 Å². The van der Waals surface area contributed by atoms with Gasteiger partial charge in [0.15, 0.2) is 0 Å². The molecule has 0 saturated carbocycles. The Morgan fingerprint density at radius 1 is 1.17 bits per heavy atom. The summed E-state index contributed by atoms with van der Waals surface area (Å²) in [5.41, 5.74) is 4.52. The summed E-state index contributed by atoms with van der Waals surface area (Å²) in [6.45, 7) is 2.85. The molecule has 0 saturated heterocycles. The number of amidine groups is 1. The fourth-order valence-electron chi connectivity index (χ4n) is 2.32. The first kappa shape index (κ1) is 11.5. The first-order valence-corrected chi connectivity index (χ1v) is 6.66. The Hall–Kier alpha value is -1.61. The lowest BCUT2D eigenvalue weighted by Crippen LogP contribution is -2.23. The molecule has 2 nitrogen and oxygen atoms in total. The lowest BCUT2D eigenvalue weighted by atomic mass is 10.1. The zero-order chi connectivity index (χ0) is 12.7. The third-order valence-corrected chi connectivity index (χ3v) is 3.93. The van der Waals surface area contributed by atoms with Crippen LogP contribution in [-0.2, 0) is 6.54 Å². The molecule has 0 amide bonds. The number of fused-ring (bicyclic) bond motifs is 1. The molecule has 0 atom stereocenters. The molecular formula is C15H13BrN2. The highest BCUT2D eigenvalue weighted by Crippen LogP contribution is 2.33. The SMILES string of the molecule is Cc1ccc(Br)c(N2Cc3ccccc3C2=N)c1. The zero-order valence-electron chi connectivity index (χ0n) is 10.1. The van der Waals surface area contributed by atoms with Crippen LogP contribution in [0.4, 0.5) is 5.69 Å². The molecule has 3 heteroatoms. The van der Waals surface area contributed by atoms with Gasteiger partial charge in [-0.2, -0.15) is 0 Å². The maximum Gasteiger partial charge on any atom is 0.133 e. The van der Waals surface area contributed by atoms with Crippen LogP contribution in [0.25, 0.3) is 0 Å². The van der Waals surface area contributed by atoms with E-state index >= 15 is 0 Å². The van der Waals surface area contributed by atoms with E-state index < -0.39 is 0 Å². The molecule has 2 aromatic rings. The van der Waals surface area contributed by atoms with E-state index in [1.165, 1.54) is 11.1 Å². The highest BCUT2D eigenvalue weighted by Gasteiger charge is 2.25. The van der Waals surface area contributed by atoms with Crippen molar-refractivity contribution in [3.8, 4) is 0 Å². The average molecular weight is 301 g/mol. The summed E-state index contributed by atoms with van der Waals surface area (Å²) in [6.07, 6.45) is 0. The van der Waals surface area contributed by atoms with Crippen LogP contribution in [0, 0.1) is 12.3 Å². The number of rotatable bonds is 1. The molecule has 2 aromatic carbocycles. The van der Waals surface area contributed by atoms with E-state index in [9.17, 15) is 0 Å². The van der Waals surface area contributed by atoms with Gasteiger partial charge in [0.05, 0.1) is 12.2 Å². The second kappa shape index (κ2) is 4.25. The van der Waals surface area contributed by atoms with Gasteiger partial charge in [0.25, 0.3) is 0 Å². The minimum Gasteiger partial charge on any atom is -0.321 e. The Morgan fingerprint density at radius 3 is 2.72 bits per heavy atom. The normalized spacial score (nSPS) is 13.9.